The Labute approximate surface area is 82.7 Å². The van der Waals surface area contributed by atoms with E-state index in [1.165, 1.54) is 51.4 Å². The van der Waals surface area contributed by atoms with Crippen LogP contribution < -0.4 is 0 Å². The van der Waals surface area contributed by atoms with Crippen molar-refractivity contribution >= 4 is 0 Å². The van der Waals surface area contributed by atoms with Crippen LogP contribution in [0.2, 0.25) is 0 Å². The van der Waals surface area contributed by atoms with Gasteiger partial charge in [0.25, 0.3) is 0 Å². The summed E-state index contributed by atoms with van der Waals surface area (Å²) in [4.78, 5) is 0. The molecule has 0 spiro atoms. The molecule has 0 fully saturated rings. The lowest BCUT2D eigenvalue weighted by Gasteiger charge is -1.95. The molecule has 0 aromatic rings. The number of allylic oxidation sites excluding steroid dienone is 4. The minimum atomic E-state index is 1.24. The standard InChI is InChI=1S/C13H21/c1-2-4-6-8-10-12-13-11-9-7-5-3-1/h1-3,10,12H,4-9,11,13H2/b2-1+,12-10+. The second-order valence-corrected chi connectivity index (χ2v) is 3.70. The highest BCUT2D eigenvalue weighted by Crippen LogP contribution is 2.08. The van der Waals surface area contributed by atoms with Gasteiger partial charge in [0.2, 0.25) is 0 Å². The first-order chi connectivity index (χ1) is 6.50. The van der Waals surface area contributed by atoms with Crippen molar-refractivity contribution in [1.29, 1.82) is 0 Å². The van der Waals surface area contributed by atoms with Gasteiger partial charge in [-0.2, -0.15) is 0 Å². The van der Waals surface area contributed by atoms with E-state index < -0.39 is 0 Å². The van der Waals surface area contributed by atoms with Gasteiger partial charge in [0.05, 0.1) is 0 Å². The van der Waals surface area contributed by atoms with E-state index in [2.05, 4.69) is 30.7 Å². The zero-order chi connectivity index (χ0) is 9.19. The molecule has 1 aliphatic carbocycles. The van der Waals surface area contributed by atoms with Gasteiger partial charge >= 0.3 is 0 Å². The third-order valence-corrected chi connectivity index (χ3v) is 2.42. The Morgan fingerprint density at radius 1 is 0.538 bits per heavy atom. The van der Waals surface area contributed by atoms with Crippen molar-refractivity contribution in [3.63, 3.8) is 0 Å². The van der Waals surface area contributed by atoms with Crippen molar-refractivity contribution in [2.24, 2.45) is 0 Å². The number of hydrogen-bond donors (Lipinski definition) is 0. The summed E-state index contributed by atoms with van der Waals surface area (Å²) in [6.45, 7) is 0. The van der Waals surface area contributed by atoms with Crippen LogP contribution in [0.4, 0.5) is 0 Å². The summed E-state index contributed by atoms with van der Waals surface area (Å²) in [5.74, 6) is 0. The second-order valence-electron chi connectivity index (χ2n) is 3.70. The average molecular weight is 177 g/mol. The molecule has 1 radical (unpaired) electrons. The zero-order valence-electron chi connectivity index (χ0n) is 8.54. The topological polar surface area (TPSA) is 0 Å². The summed E-state index contributed by atoms with van der Waals surface area (Å²) in [6, 6.07) is 0. The van der Waals surface area contributed by atoms with E-state index in [4.69, 9.17) is 0 Å². The van der Waals surface area contributed by atoms with Crippen molar-refractivity contribution < 1.29 is 0 Å². The van der Waals surface area contributed by atoms with Gasteiger partial charge in [-0.1, -0.05) is 37.1 Å². The first-order valence-corrected chi connectivity index (χ1v) is 5.63. The molecule has 0 heterocycles. The van der Waals surface area contributed by atoms with Crippen LogP contribution in [0, 0.1) is 6.42 Å². The average Bonchev–Trinajstić information content (AvgIpc) is 2.18. The van der Waals surface area contributed by atoms with Crippen LogP contribution in [0.25, 0.3) is 0 Å². The second kappa shape index (κ2) is 8.10. The first kappa shape index (κ1) is 10.6. The minimum Gasteiger partial charge on any atom is -0.0885 e. The monoisotopic (exact) mass is 177 g/mol. The van der Waals surface area contributed by atoms with Crippen molar-refractivity contribution in [2.45, 2.75) is 51.4 Å². The highest BCUT2D eigenvalue weighted by Gasteiger charge is 1.89. The van der Waals surface area contributed by atoms with Crippen LogP contribution in [0.15, 0.2) is 24.3 Å². The summed E-state index contributed by atoms with van der Waals surface area (Å²) in [7, 11) is 0. The molecule has 0 aromatic heterocycles. The van der Waals surface area contributed by atoms with Crippen LogP contribution >= 0.6 is 0 Å². The number of rotatable bonds is 0. The molecular formula is C13H21. The molecule has 0 aliphatic heterocycles. The van der Waals surface area contributed by atoms with Crippen LogP contribution in [-0.4, -0.2) is 0 Å². The Hall–Kier alpha value is -0.520. The molecule has 0 unspecified atom stereocenters. The maximum atomic E-state index is 2.35. The van der Waals surface area contributed by atoms with Gasteiger partial charge in [-0.3, -0.25) is 0 Å². The molecule has 0 atom stereocenters. The van der Waals surface area contributed by atoms with Crippen molar-refractivity contribution in [3.05, 3.63) is 30.7 Å². The number of hydrogen-bond acceptors (Lipinski definition) is 0. The molecule has 0 saturated heterocycles. The fraction of sp³-hybridized carbons (Fsp3) is 0.615. The Balaban J connectivity index is 2.18. The van der Waals surface area contributed by atoms with Gasteiger partial charge < -0.3 is 0 Å². The summed E-state index contributed by atoms with van der Waals surface area (Å²) >= 11 is 0. The van der Waals surface area contributed by atoms with Crippen LogP contribution in [0.1, 0.15) is 51.4 Å². The highest BCUT2D eigenvalue weighted by atomic mass is 14.0. The lowest BCUT2D eigenvalue weighted by atomic mass is 10.1. The molecule has 1 rings (SSSR count). The largest absolute Gasteiger partial charge is 0.0885 e. The third kappa shape index (κ3) is 6.62. The fourth-order valence-corrected chi connectivity index (χ4v) is 1.58. The molecule has 0 aromatic carbocycles. The van der Waals surface area contributed by atoms with Gasteiger partial charge in [0.1, 0.15) is 0 Å². The van der Waals surface area contributed by atoms with Crippen molar-refractivity contribution in [2.75, 3.05) is 0 Å². The van der Waals surface area contributed by atoms with Crippen LogP contribution in [0.3, 0.4) is 0 Å². The first-order valence-electron chi connectivity index (χ1n) is 5.63. The van der Waals surface area contributed by atoms with Gasteiger partial charge in [-0.25, -0.2) is 0 Å². The molecule has 0 bridgehead atoms. The molecule has 0 saturated carbocycles. The smallest absolute Gasteiger partial charge is 0.0171 e. The Bertz CT molecular complexity index is 135. The quantitative estimate of drug-likeness (QED) is 0.480. The lowest BCUT2D eigenvalue weighted by molar-refractivity contribution is 0.686. The SMILES string of the molecule is [CH]1/C=C/CCC/C=C/CCCCC1. The fourth-order valence-electron chi connectivity index (χ4n) is 1.58. The maximum absolute atomic E-state index is 2.35. The summed E-state index contributed by atoms with van der Waals surface area (Å²) in [6.07, 6.45) is 22.0. The highest BCUT2D eigenvalue weighted by molar-refractivity contribution is 4.95. The molecule has 0 nitrogen and oxygen atoms in total. The normalized spacial score (nSPS) is 26.5. The molecule has 0 amide bonds. The lowest BCUT2D eigenvalue weighted by Crippen LogP contribution is -1.76. The Morgan fingerprint density at radius 2 is 1.23 bits per heavy atom. The van der Waals surface area contributed by atoms with E-state index in [0.29, 0.717) is 0 Å². The molecular weight excluding hydrogens is 156 g/mol. The predicted octanol–water partition coefficient (Wildman–Crippen LogP) is 4.44. The van der Waals surface area contributed by atoms with E-state index >= 15 is 0 Å². The molecule has 0 N–H and O–H groups in total. The van der Waals surface area contributed by atoms with Gasteiger partial charge in [0, 0.05) is 0 Å². The molecule has 0 heteroatoms. The van der Waals surface area contributed by atoms with Gasteiger partial charge in [0.15, 0.2) is 0 Å². The predicted molar refractivity (Wildman–Crippen MR) is 59.5 cm³/mol. The summed E-state index contributed by atoms with van der Waals surface area (Å²) in [5.41, 5.74) is 0. The van der Waals surface area contributed by atoms with E-state index in [0.717, 1.165) is 0 Å². The zero-order valence-corrected chi connectivity index (χ0v) is 8.54. The molecule has 73 valence electrons. The van der Waals surface area contributed by atoms with Crippen molar-refractivity contribution in [1.82, 2.24) is 0 Å². The van der Waals surface area contributed by atoms with E-state index in [1.807, 2.05) is 0 Å². The van der Waals surface area contributed by atoms with Gasteiger partial charge in [-0.15, -0.1) is 0 Å². The van der Waals surface area contributed by atoms with E-state index in [-0.39, 0.29) is 0 Å². The third-order valence-electron chi connectivity index (χ3n) is 2.42. The summed E-state index contributed by atoms with van der Waals surface area (Å²) in [5, 5.41) is 0. The van der Waals surface area contributed by atoms with Crippen molar-refractivity contribution in [3.8, 4) is 0 Å². The van der Waals surface area contributed by atoms with Crippen LogP contribution in [-0.2, 0) is 0 Å². The van der Waals surface area contributed by atoms with E-state index in [9.17, 15) is 0 Å². The maximum Gasteiger partial charge on any atom is -0.0171 e. The summed E-state index contributed by atoms with van der Waals surface area (Å²) < 4.78 is 0. The van der Waals surface area contributed by atoms with Crippen LogP contribution in [0.5, 0.6) is 0 Å². The Morgan fingerprint density at radius 3 is 2.15 bits per heavy atom. The molecule has 13 heavy (non-hydrogen) atoms. The van der Waals surface area contributed by atoms with E-state index in [1.54, 1.807) is 0 Å². The minimum absolute atomic E-state index is 1.24. The van der Waals surface area contributed by atoms with Gasteiger partial charge in [-0.05, 0) is 44.9 Å². The Kier molecular flexibility index (Phi) is 6.58. The molecule has 1 aliphatic rings.